The van der Waals surface area contributed by atoms with Gasteiger partial charge in [-0.15, -0.1) is 0 Å². The largest absolute Gasteiger partial charge is 0.481 e. The summed E-state index contributed by atoms with van der Waals surface area (Å²) < 4.78 is 5.48. The van der Waals surface area contributed by atoms with Crippen molar-refractivity contribution < 1.29 is 19.4 Å². The molecule has 0 aromatic heterocycles. The fraction of sp³-hybridized carbons (Fsp3) is 0.875. The smallest absolute Gasteiger partial charge is 0.308 e. The molecule has 0 fully saturated rings. The van der Waals surface area contributed by atoms with Crippen molar-refractivity contribution in [2.24, 2.45) is 5.92 Å². The van der Waals surface area contributed by atoms with Crippen LogP contribution in [0.3, 0.4) is 0 Å². The van der Waals surface area contributed by atoms with E-state index in [1.165, 1.54) is 0 Å². The van der Waals surface area contributed by atoms with Gasteiger partial charge in [0, 0.05) is 32.7 Å². The number of nitrogens with zero attached hydrogens (tertiary/aromatic N) is 1. The number of hydrogen-bond acceptors (Lipinski definition) is 3. The lowest BCUT2D eigenvalue weighted by Gasteiger charge is -2.24. The van der Waals surface area contributed by atoms with Crippen molar-refractivity contribution in [2.75, 3.05) is 26.3 Å². The van der Waals surface area contributed by atoms with Crippen molar-refractivity contribution in [1.82, 2.24) is 4.90 Å². The molecular weight excluding hydrogens is 270 g/mol. The van der Waals surface area contributed by atoms with Crippen molar-refractivity contribution in [3.8, 4) is 0 Å². The van der Waals surface area contributed by atoms with E-state index in [0.717, 1.165) is 38.7 Å². The van der Waals surface area contributed by atoms with Crippen LogP contribution in [0, 0.1) is 5.92 Å². The first-order valence-corrected chi connectivity index (χ1v) is 8.11. The molecule has 0 aliphatic rings. The van der Waals surface area contributed by atoms with Crippen molar-refractivity contribution in [2.45, 2.75) is 59.3 Å². The molecule has 21 heavy (non-hydrogen) atoms. The monoisotopic (exact) mass is 301 g/mol. The highest BCUT2D eigenvalue weighted by atomic mass is 16.5. The van der Waals surface area contributed by atoms with E-state index in [0.29, 0.717) is 19.6 Å². The topological polar surface area (TPSA) is 66.8 Å². The van der Waals surface area contributed by atoms with Gasteiger partial charge >= 0.3 is 5.97 Å². The molecule has 0 aromatic carbocycles. The van der Waals surface area contributed by atoms with Crippen LogP contribution in [0.5, 0.6) is 0 Å². The number of hydrogen-bond donors (Lipinski definition) is 1. The highest BCUT2D eigenvalue weighted by molar-refractivity contribution is 5.77. The van der Waals surface area contributed by atoms with Crippen LogP contribution in [0.4, 0.5) is 0 Å². The molecule has 5 nitrogen and oxygen atoms in total. The molecule has 0 radical (unpaired) electrons. The first-order valence-electron chi connectivity index (χ1n) is 8.11. The Morgan fingerprint density at radius 2 is 1.71 bits per heavy atom. The maximum Gasteiger partial charge on any atom is 0.308 e. The Balaban J connectivity index is 4.18. The molecule has 0 heterocycles. The maximum atomic E-state index is 12.1. The van der Waals surface area contributed by atoms with Gasteiger partial charge in [0.15, 0.2) is 0 Å². The standard InChI is InChI=1S/C16H31NO4/c1-4-6-9-15(18)17(13-14(3)16(19)20)10-8-12-21-11-7-5-2/h14H,4-13H2,1-3H3,(H,19,20). The zero-order valence-corrected chi connectivity index (χ0v) is 13.8. The van der Waals surface area contributed by atoms with Crippen molar-refractivity contribution >= 4 is 11.9 Å². The van der Waals surface area contributed by atoms with Crippen LogP contribution in [-0.4, -0.2) is 48.2 Å². The molecule has 1 N–H and O–H groups in total. The molecular formula is C16H31NO4. The number of aliphatic carboxylic acids is 1. The summed E-state index contributed by atoms with van der Waals surface area (Å²) in [7, 11) is 0. The second-order valence-electron chi connectivity index (χ2n) is 5.50. The number of carbonyl (C=O) groups is 2. The molecule has 0 saturated carbocycles. The lowest BCUT2D eigenvalue weighted by molar-refractivity contribution is -0.143. The predicted molar refractivity (Wildman–Crippen MR) is 83.2 cm³/mol. The molecule has 0 aromatic rings. The Bertz CT molecular complexity index is 294. The molecule has 0 spiro atoms. The van der Waals surface area contributed by atoms with E-state index in [1.54, 1.807) is 11.8 Å². The van der Waals surface area contributed by atoms with Crippen LogP contribution in [0.25, 0.3) is 0 Å². The summed E-state index contributed by atoms with van der Waals surface area (Å²) in [6.45, 7) is 8.04. The Kier molecular flexibility index (Phi) is 12.0. The molecule has 124 valence electrons. The highest BCUT2D eigenvalue weighted by Crippen LogP contribution is 2.07. The minimum atomic E-state index is -0.859. The fourth-order valence-corrected chi connectivity index (χ4v) is 1.92. The number of rotatable bonds is 13. The zero-order valence-electron chi connectivity index (χ0n) is 13.8. The Morgan fingerprint density at radius 1 is 1.10 bits per heavy atom. The molecule has 1 unspecified atom stereocenters. The summed E-state index contributed by atoms with van der Waals surface area (Å²) in [6.07, 6.45) is 5.23. The average molecular weight is 301 g/mol. The normalized spacial score (nSPS) is 12.1. The van der Waals surface area contributed by atoms with E-state index in [4.69, 9.17) is 9.84 Å². The predicted octanol–water partition coefficient (Wildman–Crippen LogP) is 2.93. The quantitative estimate of drug-likeness (QED) is 0.531. The molecule has 5 heteroatoms. The molecule has 1 atom stereocenters. The van der Waals surface area contributed by atoms with Crippen LogP contribution in [-0.2, 0) is 14.3 Å². The minimum absolute atomic E-state index is 0.0542. The van der Waals surface area contributed by atoms with E-state index in [1.807, 2.05) is 6.92 Å². The van der Waals surface area contributed by atoms with E-state index in [-0.39, 0.29) is 12.5 Å². The number of carbonyl (C=O) groups excluding carboxylic acids is 1. The molecule has 1 amide bonds. The van der Waals surface area contributed by atoms with Gasteiger partial charge in [-0.3, -0.25) is 9.59 Å². The number of carboxylic acids is 1. The lowest BCUT2D eigenvalue weighted by Crippen LogP contribution is -2.37. The van der Waals surface area contributed by atoms with Crippen LogP contribution in [0.2, 0.25) is 0 Å². The SMILES string of the molecule is CCCCOCCCN(CC(C)C(=O)O)C(=O)CCCC. The minimum Gasteiger partial charge on any atom is -0.481 e. The molecule has 0 aliphatic heterocycles. The van der Waals surface area contributed by atoms with Gasteiger partial charge in [-0.05, 0) is 19.3 Å². The number of carboxylic acid groups (broad SMARTS) is 1. The van der Waals surface area contributed by atoms with Crippen molar-refractivity contribution in [1.29, 1.82) is 0 Å². The summed E-state index contributed by atoms with van der Waals surface area (Å²) >= 11 is 0. The van der Waals surface area contributed by atoms with E-state index in [2.05, 4.69) is 6.92 Å². The summed E-state index contributed by atoms with van der Waals surface area (Å²) in [6, 6.07) is 0. The van der Waals surface area contributed by atoms with Crippen molar-refractivity contribution in [3.63, 3.8) is 0 Å². The number of unbranched alkanes of at least 4 members (excludes halogenated alkanes) is 2. The molecule has 0 bridgehead atoms. The van der Waals surface area contributed by atoms with Crippen LogP contribution in [0.15, 0.2) is 0 Å². The van der Waals surface area contributed by atoms with Gasteiger partial charge in [0.2, 0.25) is 5.91 Å². The maximum absolute atomic E-state index is 12.1. The van der Waals surface area contributed by atoms with Gasteiger partial charge in [0.05, 0.1) is 5.92 Å². The first kappa shape index (κ1) is 19.9. The summed E-state index contributed by atoms with van der Waals surface area (Å²) in [5, 5.41) is 8.99. The van der Waals surface area contributed by atoms with Gasteiger partial charge < -0.3 is 14.7 Å². The van der Waals surface area contributed by atoms with Crippen LogP contribution < -0.4 is 0 Å². The van der Waals surface area contributed by atoms with Crippen LogP contribution in [0.1, 0.15) is 59.3 Å². The third-order valence-corrected chi connectivity index (χ3v) is 3.37. The number of ether oxygens (including phenoxy) is 1. The van der Waals surface area contributed by atoms with Gasteiger partial charge in [-0.25, -0.2) is 0 Å². The average Bonchev–Trinajstić information content (AvgIpc) is 2.46. The van der Waals surface area contributed by atoms with Gasteiger partial charge in [0.25, 0.3) is 0 Å². The van der Waals surface area contributed by atoms with Crippen molar-refractivity contribution in [3.05, 3.63) is 0 Å². The van der Waals surface area contributed by atoms with Gasteiger partial charge in [0.1, 0.15) is 0 Å². The number of amides is 1. The van der Waals surface area contributed by atoms with E-state index >= 15 is 0 Å². The Hall–Kier alpha value is -1.10. The second-order valence-corrected chi connectivity index (χ2v) is 5.50. The lowest BCUT2D eigenvalue weighted by atomic mass is 10.1. The summed E-state index contributed by atoms with van der Waals surface area (Å²) in [5.41, 5.74) is 0. The second kappa shape index (κ2) is 12.6. The van der Waals surface area contributed by atoms with E-state index in [9.17, 15) is 9.59 Å². The molecule has 0 aliphatic carbocycles. The third-order valence-electron chi connectivity index (χ3n) is 3.37. The highest BCUT2D eigenvalue weighted by Gasteiger charge is 2.19. The molecule has 0 rings (SSSR count). The van der Waals surface area contributed by atoms with E-state index < -0.39 is 11.9 Å². The first-order chi connectivity index (χ1) is 10.0. The Labute approximate surface area is 128 Å². The molecule has 0 saturated heterocycles. The third kappa shape index (κ3) is 10.3. The van der Waals surface area contributed by atoms with Gasteiger partial charge in [-0.1, -0.05) is 33.6 Å². The Morgan fingerprint density at radius 3 is 2.29 bits per heavy atom. The fourth-order valence-electron chi connectivity index (χ4n) is 1.92. The summed E-state index contributed by atoms with van der Waals surface area (Å²) in [5.74, 6) is -1.34. The van der Waals surface area contributed by atoms with Gasteiger partial charge in [-0.2, -0.15) is 0 Å². The zero-order chi connectivity index (χ0) is 16.1. The van der Waals surface area contributed by atoms with Crippen LogP contribution >= 0.6 is 0 Å². The summed E-state index contributed by atoms with van der Waals surface area (Å²) in [4.78, 5) is 24.8.